The number of benzene rings is 1. The molecule has 1 fully saturated rings. The lowest BCUT2D eigenvalue weighted by Gasteiger charge is -2.15. The fourth-order valence-electron chi connectivity index (χ4n) is 2.45. The van der Waals surface area contributed by atoms with Gasteiger partial charge in [-0.15, -0.1) is 0 Å². The van der Waals surface area contributed by atoms with Crippen molar-refractivity contribution in [2.24, 2.45) is 0 Å². The van der Waals surface area contributed by atoms with Crippen LogP contribution in [-0.4, -0.2) is 24.4 Å². The predicted molar refractivity (Wildman–Crippen MR) is 83.2 cm³/mol. The number of aryl methyl sites for hydroxylation is 1. The number of carbonyl (C=O) groups excluding carboxylic acids is 2. The van der Waals surface area contributed by atoms with Gasteiger partial charge >= 0.3 is 0 Å². The van der Waals surface area contributed by atoms with Crippen molar-refractivity contribution < 1.29 is 9.59 Å². The molecule has 0 aromatic heterocycles. The lowest BCUT2D eigenvalue weighted by Crippen LogP contribution is -2.45. The molecular weight excluding hydrogens is 288 g/mol. The van der Waals surface area contributed by atoms with E-state index >= 15 is 0 Å². The first-order valence-electron chi connectivity index (χ1n) is 7.46. The summed E-state index contributed by atoms with van der Waals surface area (Å²) in [6, 6.07) is 7.29. The van der Waals surface area contributed by atoms with Gasteiger partial charge in [0.15, 0.2) is 0 Å². The fraction of sp³-hybridized carbons (Fsp3) is 0.500. The number of hydrogen-bond acceptors (Lipinski definition) is 2. The molecule has 0 saturated carbocycles. The molecule has 1 aromatic rings. The van der Waals surface area contributed by atoms with E-state index < -0.39 is 0 Å². The van der Waals surface area contributed by atoms with Gasteiger partial charge in [0.05, 0.1) is 0 Å². The Bertz CT molecular complexity index is 488. The van der Waals surface area contributed by atoms with Crippen LogP contribution in [0.25, 0.3) is 0 Å². The minimum absolute atomic E-state index is 0.0500. The van der Waals surface area contributed by atoms with E-state index in [4.69, 9.17) is 11.6 Å². The van der Waals surface area contributed by atoms with Crippen LogP contribution in [-0.2, 0) is 16.0 Å². The molecule has 0 spiro atoms. The monoisotopic (exact) mass is 308 g/mol. The number of amides is 2. The van der Waals surface area contributed by atoms with Gasteiger partial charge in [0, 0.05) is 18.0 Å². The van der Waals surface area contributed by atoms with Gasteiger partial charge in [-0.3, -0.25) is 9.59 Å². The molecule has 2 N–H and O–H groups in total. The number of rotatable bonds is 5. The smallest absolute Gasteiger partial charge is 0.242 e. The minimum atomic E-state index is -0.365. The lowest BCUT2D eigenvalue weighted by molar-refractivity contribution is -0.128. The van der Waals surface area contributed by atoms with Crippen LogP contribution in [0.3, 0.4) is 0 Å². The molecule has 0 aliphatic carbocycles. The van der Waals surface area contributed by atoms with E-state index in [1.165, 1.54) is 5.56 Å². The molecule has 21 heavy (non-hydrogen) atoms. The molecule has 1 aliphatic rings. The van der Waals surface area contributed by atoms with Crippen molar-refractivity contribution >= 4 is 23.4 Å². The highest BCUT2D eigenvalue weighted by Crippen LogP contribution is 2.12. The average Bonchev–Trinajstić information content (AvgIpc) is 2.66. The lowest BCUT2D eigenvalue weighted by atomic mass is 10.1. The Morgan fingerprint density at radius 2 is 2.05 bits per heavy atom. The molecule has 1 unspecified atom stereocenters. The summed E-state index contributed by atoms with van der Waals surface area (Å²) in [4.78, 5) is 23.6. The van der Waals surface area contributed by atoms with Gasteiger partial charge in [0.2, 0.25) is 11.8 Å². The van der Waals surface area contributed by atoms with Crippen molar-refractivity contribution in [2.75, 3.05) is 6.54 Å². The zero-order valence-electron chi connectivity index (χ0n) is 12.0. The Kier molecular flexibility index (Phi) is 6.05. The summed E-state index contributed by atoms with van der Waals surface area (Å²) in [5.41, 5.74) is 1.17. The van der Waals surface area contributed by atoms with Gasteiger partial charge in [-0.25, -0.2) is 0 Å². The fourth-order valence-corrected chi connectivity index (χ4v) is 2.57. The normalized spacial score (nSPS) is 18.7. The SMILES string of the molecule is O=C(CCCc1ccc(Cl)cc1)NC1CCCCNC1=O. The van der Waals surface area contributed by atoms with Crippen molar-refractivity contribution in [3.8, 4) is 0 Å². The molecule has 5 heteroatoms. The number of halogens is 1. The molecule has 2 rings (SSSR count). The van der Waals surface area contributed by atoms with E-state index in [9.17, 15) is 9.59 Å². The van der Waals surface area contributed by atoms with Crippen LogP contribution in [0.4, 0.5) is 0 Å². The van der Waals surface area contributed by atoms with Gasteiger partial charge < -0.3 is 10.6 Å². The van der Waals surface area contributed by atoms with E-state index in [0.29, 0.717) is 13.0 Å². The maximum absolute atomic E-state index is 11.9. The molecule has 0 bridgehead atoms. The Morgan fingerprint density at radius 3 is 2.81 bits per heavy atom. The van der Waals surface area contributed by atoms with Crippen molar-refractivity contribution in [1.29, 1.82) is 0 Å². The van der Waals surface area contributed by atoms with E-state index in [-0.39, 0.29) is 17.9 Å². The molecule has 114 valence electrons. The Balaban J connectivity index is 1.71. The summed E-state index contributed by atoms with van der Waals surface area (Å²) in [5, 5.41) is 6.37. The average molecular weight is 309 g/mol. The van der Waals surface area contributed by atoms with Gasteiger partial charge in [-0.05, 0) is 49.8 Å². The van der Waals surface area contributed by atoms with Crippen LogP contribution >= 0.6 is 11.6 Å². The van der Waals surface area contributed by atoms with E-state index in [0.717, 1.165) is 37.1 Å². The summed E-state index contributed by atoms with van der Waals surface area (Å²) in [6.45, 7) is 0.710. The van der Waals surface area contributed by atoms with Crippen LogP contribution in [0, 0.1) is 0 Å². The molecule has 0 radical (unpaired) electrons. The summed E-state index contributed by atoms with van der Waals surface area (Å²) in [6.07, 6.45) is 4.72. The third-order valence-electron chi connectivity index (χ3n) is 3.65. The standard InChI is InChI=1S/C16H21ClN2O2/c17-13-9-7-12(8-10-13)4-3-6-15(20)19-14-5-1-2-11-18-16(14)21/h7-10,14H,1-6,11H2,(H,18,21)(H,19,20). The van der Waals surface area contributed by atoms with Crippen LogP contribution in [0.5, 0.6) is 0 Å². The first-order valence-corrected chi connectivity index (χ1v) is 7.84. The third-order valence-corrected chi connectivity index (χ3v) is 3.91. The van der Waals surface area contributed by atoms with Gasteiger partial charge in [-0.2, -0.15) is 0 Å². The van der Waals surface area contributed by atoms with Crippen molar-refractivity contribution in [3.05, 3.63) is 34.9 Å². The van der Waals surface area contributed by atoms with Gasteiger partial charge in [0.25, 0.3) is 0 Å². The molecular formula is C16H21ClN2O2. The van der Waals surface area contributed by atoms with Crippen LogP contribution < -0.4 is 10.6 Å². The number of nitrogens with one attached hydrogen (secondary N) is 2. The van der Waals surface area contributed by atoms with Crippen LogP contribution in [0.15, 0.2) is 24.3 Å². The highest BCUT2D eigenvalue weighted by Gasteiger charge is 2.21. The molecule has 1 aromatic carbocycles. The first kappa shape index (κ1) is 15.8. The summed E-state index contributed by atoms with van der Waals surface area (Å²) < 4.78 is 0. The Hall–Kier alpha value is -1.55. The zero-order chi connectivity index (χ0) is 15.1. The highest BCUT2D eigenvalue weighted by molar-refractivity contribution is 6.30. The summed E-state index contributed by atoms with van der Waals surface area (Å²) in [5.74, 6) is -0.107. The number of carbonyl (C=O) groups is 2. The highest BCUT2D eigenvalue weighted by atomic mass is 35.5. The summed E-state index contributed by atoms with van der Waals surface area (Å²) in [7, 11) is 0. The molecule has 1 aliphatic heterocycles. The van der Waals surface area contributed by atoms with Crippen molar-refractivity contribution in [2.45, 2.75) is 44.6 Å². The van der Waals surface area contributed by atoms with Gasteiger partial charge in [0.1, 0.15) is 6.04 Å². The second kappa shape index (κ2) is 8.03. The summed E-state index contributed by atoms with van der Waals surface area (Å²) >= 11 is 5.83. The quantitative estimate of drug-likeness (QED) is 0.878. The topological polar surface area (TPSA) is 58.2 Å². The second-order valence-electron chi connectivity index (χ2n) is 5.39. The van der Waals surface area contributed by atoms with Crippen LogP contribution in [0.1, 0.15) is 37.7 Å². The Labute approximate surface area is 130 Å². The van der Waals surface area contributed by atoms with Crippen molar-refractivity contribution in [3.63, 3.8) is 0 Å². The predicted octanol–water partition coefficient (Wildman–Crippen LogP) is 2.45. The Morgan fingerprint density at radius 1 is 1.29 bits per heavy atom. The molecule has 4 nitrogen and oxygen atoms in total. The zero-order valence-corrected chi connectivity index (χ0v) is 12.8. The third kappa shape index (κ3) is 5.38. The maximum atomic E-state index is 11.9. The minimum Gasteiger partial charge on any atom is -0.354 e. The van der Waals surface area contributed by atoms with E-state index in [2.05, 4.69) is 10.6 Å². The first-order chi connectivity index (χ1) is 10.1. The second-order valence-corrected chi connectivity index (χ2v) is 5.82. The molecule has 1 heterocycles. The molecule has 1 saturated heterocycles. The van der Waals surface area contributed by atoms with Gasteiger partial charge in [-0.1, -0.05) is 23.7 Å². The molecule has 1 atom stereocenters. The van der Waals surface area contributed by atoms with Crippen molar-refractivity contribution in [1.82, 2.24) is 10.6 Å². The van der Waals surface area contributed by atoms with E-state index in [1.807, 2.05) is 24.3 Å². The van der Waals surface area contributed by atoms with E-state index in [1.54, 1.807) is 0 Å². The number of hydrogen-bond donors (Lipinski definition) is 2. The largest absolute Gasteiger partial charge is 0.354 e. The maximum Gasteiger partial charge on any atom is 0.242 e. The molecule has 2 amide bonds. The van der Waals surface area contributed by atoms with Crippen LogP contribution in [0.2, 0.25) is 5.02 Å².